The summed E-state index contributed by atoms with van der Waals surface area (Å²) in [6.45, 7) is 11.2. The number of imidazole rings is 1. The Morgan fingerprint density at radius 2 is 1.73 bits per heavy atom. The fourth-order valence-electron chi connectivity index (χ4n) is 5.42. The number of benzene rings is 2. The first-order chi connectivity index (χ1) is 20.9. The molecule has 2 aromatic carbocycles. The molecular weight excluding hydrogens is 568 g/mol. The van der Waals surface area contributed by atoms with Crippen LogP contribution in [0.3, 0.4) is 0 Å². The number of aryl methyl sites for hydroxylation is 3. The minimum atomic E-state index is -1.28. The van der Waals surface area contributed by atoms with E-state index in [9.17, 15) is 14.4 Å². The van der Waals surface area contributed by atoms with Crippen molar-refractivity contribution in [3.63, 3.8) is 0 Å². The van der Waals surface area contributed by atoms with Crippen LogP contribution in [0.1, 0.15) is 72.4 Å². The van der Waals surface area contributed by atoms with Crippen molar-refractivity contribution in [1.29, 1.82) is 0 Å². The van der Waals surface area contributed by atoms with Crippen molar-refractivity contribution in [3.05, 3.63) is 88.5 Å². The number of ether oxygens (including phenoxy) is 1. The fourth-order valence-corrected chi connectivity index (χ4v) is 5.42. The molecule has 0 aliphatic rings. The molecule has 0 radical (unpaired) electrons. The SMILES string of the molecule is CCOC(=O)C[C@H](NC(=O)[C@H](CC(C)C)NC(=O)c1cn2cccnc2n1)c1cc(-c2c(C)cc(C)cc2C)cc(F)c1F. The number of esters is 1. The van der Waals surface area contributed by atoms with Crippen LogP contribution in [0.15, 0.2) is 48.9 Å². The van der Waals surface area contributed by atoms with Crippen molar-refractivity contribution in [3.8, 4) is 11.1 Å². The number of halogens is 2. The van der Waals surface area contributed by atoms with Crippen LogP contribution in [-0.4, -0.2) is 44.8 Å². The summed E-state index contributed by atoms with van der Waals surface area (Å²) in [6, 6.07) is 5.79. The van der Waals surface area contributed by atoms with Gasteiger partial charge in [-0.25, -0.2) is 18.7 Å². The zero-order valence-corrected chi connectivity index (χ0v) is 25.7. The van der Waals surface area contributed by atoms with Gasteiger partial charge in [-0.15, -0.1) is 0 Å². The quantitative estimate of drug-likeness (QED) is 0.217. The lowest BCUT2D eigenvalue weighted by Gasteiger charge is -2.25. The molecule has 2 atom stereocenters. The summed E-state index contributed by atoms with van der Waals surface area (Å²) in [5.74, 6) is -4.00. The molecule has 4 rings (SSSR count). The first-order valence-electron chi connectivity index (χ1n) is 14.5. The Hall–Kier alpha value is -4.67. The van der Waals surface area contributed by atoms with E-state index in [4.69, 9.17) is 4.74 Å². The maximum absolute atomic E-state index is 15.5. The number of carbonyl (C=O) groups is 3. The number of amides is 2. The minimum absolute atomic E-state index is 0.0257. The summed E-state index contributed by atoms with van der Waals surface area (Å²) in [5.41, 5.74) is 3.74. The van der Waals surface area contributed by atoms with E-state index < -0.39 is 47.9 Å². The highest BCUT2D eigenvalue weighted by Gasteiger charge is 2.30. The van der Waals surface area contributed by atoms with Gasteiger partial charge in [-0.05, 0) is 80.5 Å². The third-order valence-electron chi connectivity index (χ3n) is 7.19. The molecule has 0 bridgehead atoms. The third-order valence-corrected chi connectivity index (χ3v) is 7.19. The molecule has 0 saturated carbocycles. The second kappa shape index (κ2) is 13.7. The Morgan fingerprint density at radius 1 is 1.02 bits per heavy atom. The number of fused-ring (bicyclic) bond motifs is 1. The number of rotatable bonds is 11. The number of nitrogens with zero attached hydrogens (tertiary/aromatic N) is 3. The van der Waals surface area contributed by atoms with E-state index in [1.165, 1.54) is 12.3 Å². The highest BCUT2D eigenvalue weighted by Crippen LogP contribution is 2.34. The van der Waals surface area contributed by atoms with Crippen molar-refractivity contribution in [2.75, 3.05) is 6.61 Å². The van der Waals surface area contributed by atoms with E-state index in [0.717, 1.165) is 28.3 Å². The molecule has 2 aromatic heterocycles. The molecule has 2 N–H and O–H groups in total. The number of hydrogen-bond acceptors (Lipinski definition) is 6. The Balaban J connectivity index is 1.69. The molecule has 0 unspecified atom stereocenters. The van der Waals surface area contributed by atoms with Gasteiger partial charge in [-0.2, -0.15) is 0 Å². The van der Waals surface area contributed by atoms with Gasteiger partial charge in [0.1, 0.15) is 11.7 Å². The van der Waals surface area contributed by atoms with Crippen molar-refractivity contribution in [2.24, 2.45) is 5.92 Å². The molecule has 44 heavy (non-hydrogen) atoms. The number of hydrogen-bond donors (Lipinski definition) is 2. The smallest absolute Gasteiger partial charge is 0.308 e. The van der Waals surface area contributed by atoms with Crippen LogP contribution in [0.4, 0.5) is 8.78 Å². The van der Waals surface area contributed by atoms with Gasteiger partial charge in [0, 0.05) is 24.2 Å². The Kier molecular flexibility index (Phi) is 10.1. The summed E-state index contributed by atoms with van der Waals surface area (Å²) in [6.07, 6.45) is 4.50. The maximum Gasteiger partial charge on any atom is 0.308 e. The summed E-state index contributed by atoms with van der Waals surface area (Å²) in [5, 5.41) is 5.40. The number of carbonyl (C=O) groups excluding carboxylic acids is 3. The summed E-state index contributed by atoms with van der Waals surface area (Å²) < 4.78 is 37.3. The first-order valence-corrected chi connectivity index (χ1v) is 14.5. The molecule has 0 aliphatic heterocycles. The lowest BCUT2D eigenvalue weighted by atomic mass is 9.90. The van der Waals surface area contributed by atoms with Gasteiger partial charge in [0.25, 0.3) is 5.91 Å². The van der Waals surface area contributed by atoms with Gasteiger partial charge >= 0.3 is 5.97 Å². The van der Waals surface area contributed by atoms with Crippen molar-refractivity contribution in [2.45, 2.75) is 66.5 Å². The maximum atomic E-state index is 15.5. The average molecular weight is 606 g/mol. The Morgan fingerprint density at radius 3 is 2.36 bits per heavy atom. The molecule has 11 heteroatoms. The minimum Gasteiger partial charge on any atom is -0.466 e. The number of nitrogens with one attached hydrogen (secondary N) is 2. The number of aromatic nitrogens is 3. The van der Waals surface area contributed by atoms with Crippen LogP contribution >= 0.6 is 0 Å². The zero-order valence-electron chi connectivity index (χ0n) is 25.7. The molecule has 0 spiro atoms. The molecule has 232 valence electrons. The van der Waals surface area contributed by atoms with Crippen molar-refractivity contribution < 1.29 is 27.9 Å². The Bertz CT molecular complexity index is 1650. The monoisotopic (exact) mass is 605 g/mol. The molecule has 0 saturated heterocycles. The van der Waals surface area contributed by atoms with Crippen LogP contribution in [-0.2, 0) is 14.3 Å². The van der Waals surface area contributed by atoms with Gasteiger partial charge in [0.05, 0.1) is 19.1 Å². The van der Waals surface area contributed by atoms with Crippen LogP contribution in [0, 0.1) is 38.3 Å². The largest absolute Gasteiger partial charge is 0.466 e. The topological polar surface area (TPSA) is 115 Å². The summed E-state index contributed by atoms with van der Waals surface area (Å²) >= 11 is 0. The first kappa shape index (κ1) is 32.2. The lowest BCUT2D eigenvalue weighted by molar-refractivity contribution is -0.143. The molecule has 2 heterocycles. The predicted molar refractivity (Wildman–Crippen MR) is 162 cm³/mol. The molecular formula is C33H37F2N5O4. The zero-order chi connectivity index (χ0) is 32.1. The van der Waals surface area contributed by atoms with Crippen LogP contribution in [0.25, 0.3) is 16.9 Å². The second-order valence-corrected chi connectivity index (χ2v) is 11.3. The van der Waals surface area contributed by atoms with E-state index in [1.54, 1.807) is 29.8 Å². The Labute approximate surface area is 255 Å². The lowest BCUT2D eigenvalue weighted by Crippen LogP contribution is -2.48. The molecule has 0 fully saturated rings. The fraction of sp³-hybridized carbons (Fsp3) is 0.364. The van der Waals surface area contributed by atoms with Gasteiger partial charge in [0.2, 0.25) is 11.7 Å². The molecule has 0 aliphatic carbocycles. The standard InChI is InChI=1S/C33H37F2N5O4/c1-7-44-28(41)16-25(23-14-22(15-24(34)30(23)35)29-20(5)12-19(4)13-21(29)6)37-31(42)26(11-18(2)3)38-32(43)27-17-40-10-8-9-36-33(40)39-27/h8-10,12-15,17-18,25-26H,7,11,16H2,1-6H3,(H,37,42)(H,38,43)/t25-,26-/m0/s1. The highest BCUT2D eigenvalue weighted by molar-refractivity contribution is 5.96. The van der Waals surface area contributed by atoms with Crippen molar-refractivity contribution >= 4 is 23.6 Å². The van der Waals surface area contributed by atoms with Crippen LogP contribution in [0.2, 0.25) is 0 Å². The van der Waals surface area contributed by atoms with Crippen molar-refractivity contribution in [1.82, 2.24) is 25.0 Å². The molecule has 9 nitrogen and oxygen atoms in total. The van der Waals surface area contributed by atoms with E-state index in [-0.39, 0.29) is 30.2 Å². The van der Waals surface area contributed by atoms with E-state index in [0.29, 0.717) is 11.3 Å². The van der Waals surface area contributed by atoms with E-state index in [2.05, 4.69) is 20.6 Å². The average Bonchev–Trinajstić information content (AvgIpc) is 3.38. The second-order valence-electron chi connectivity index (χ2n) is 11.3. The van der Waals surface area contributed by atoms with E-state index in [1.807, 2.05) is 46.8 Å². The van der Waals surface area contributed by atoms with Gasteiger partial charge in [-0.3, -0.25) is 18.8 Å². The summed E-state index contributed by atoms with van der Waals surface area (Å²) in [7, 11) is 0. The highest BCUT2D eigenvalue weighted by atomic mass is 19.2. The van der Waals surface area contributed by atoms with Crippen LogP contribution < -0.4 is 10.6 Å². The third kappa shape index (κ3) is 7.45. The normalized spacial score (nSPS) is 12.7. The molecule has 2 amide bonds. The summed E-state index contributed by atoms with van der Waals surface area (Å²) in [4.78, 5) is 47.8. The predicted octanol–water partition coefficient (Wildman–Crippen LogP) is 5.55. The van der Waals surface area contributed by atoms with Gasteiger partial charge in [0.15, 0.2) is 11.6 Å². The van der Waals surface area contributed by atoms with E-state index >= 15 is 8.78 Å². The van der Waals surface area contributed by atoms with Gasteiger partial charge < -0.3 is 15.4 Å². The van der Waals surface area contributed by atoms with Crippen LogP contribution in [0.5, 0.6) is 0 Å². The van der Waals surface area contributed by atoms with Gasteiger partial charge in [-0.1, -0.05) is 31.5 Å². The molecule has 4 aromatic rings.